The van der Waals surface area contributed by atoms with Crippen LogP contribution in [0.4, 0.5) is 11.4 Å². The summed E-state index contributed by atoms with van der Waals surface area (Å²) in [5.74, 6) is 0. The van der Waals surface area contributed by atoms with Gasteiger partial charge in [-0.15, -0.1) is 0 Å². The lowest BCUT2D eigenvalue weighted by atomic mass is 10.0. The van der Waals surface area contributed by atoms with Crippen LogP contribution in [0.25, 0.3) is 11.0 Å². The standard InChI is InChI=1S/C17H26N2O7/c1-25-7-5-19(8-13(21)15(23)16(24)14(22)9-20)12-3-2-11(18)10-4-6-26-17(10)12/h2-4,6,13-16,20-24H,5,7-9,18H2,1H3. The number of rotatable bonds is 10. The number of anilines is 2. The molecule has 0 spiro atoms. The Hall–Kier alpha value is -1.88. The fraction of sp³-hybridized carbons (Fsp3) is 0.529. The number of ether oxygens (including phenoxy) is 1. The summed E-state index contributed by atoms with van der Waals surface area (Å²) in [5, 5.41) is 49.2. The summed E-state index contributed by atoms with van der Waals surface area (Å²) in [6.45, 7) is -0.0847. The van der Waals surface area contributed by atoms with Crippen molar-refractivity contribution in [3.63, 3.8) is 0 Å². The molecule has 26 heavy (non-hydrogen) atoms. The van der Waals surface area contributed by atoms with Crippen LogP contribution in [0.5, 0.6) is 0 Å². The van der Waals surface area contributed by atoms with Crippen molar-refractivity contribution in [1.82, 2.24) is 0 Å². The molecule has 0 aliphatic rings. The first-order valence-electron chi connectivity index (χ1n) is 8.23. The second kappa shape index (κ2) is 9.17. The third-order valence-electron chi connectivity index (χ3n) is 4.27. The molecule has 146 valence electrons. The molecule has 2 rings (SSSR count). The highest BCUT2D eigenvalue weighted by molar-refractivity contribution is 5.97. The number of hydrogen-bond acceptors (Lipinski definition) is 9. The molecule has 1 aromatic carbocycles. The van der Waals surface area contributed by atoms with Gasteiger partial charge in [0.1, 0.15) is 18.3 Å². The van der Waals surface area contributed by atoms with Gasteiger partial charge in [0.15, 0.2) is 5.58 Å². The van der Waals surface area contributed by atoms with Gasteiger partial charge in [-0.3, -0.25) is 0 Å². The lowest BCUT2D eigenvalue weighted by molar-refractivity contribution is -0.112. The van der Waals surface area contributed by atoms with Crippen LogP contribution in [0.1, 0.15) is 0 Å². The SMILES string of the molecule is COCCN(CC(O)C(O)C(O)C(O)CO)c1ccc(N)c2ccoc12. The molecule has 4 atom stereocenters. The second-order valence-corrected chi connectivity index (χ2v) is 6.07. The van der Waals surface area contributed by atoms with Gasteiger partial charge < -0.3 is 45.3 Å². The van der Waals surface area contributed by atoms with Gasteiger partial charge in [0, 0.05) is 31.3 Å². The maximum Gasteiger partial charge on any atom is 0.159 e. The average Bonchev–Trinajstić information content (AvgIpc) is 3.14. The predicted octanol–water partition coefficient (Wildman–Crippen LogP) is -1.10. The largest absolute Gasteiger partial charge is 0.462 e. The molecule has 2 aromatic rings. The number of nitrogen functional groups attached to an aromatic ring is 1. The van der Waals surface area contributed by atoms with Gasteiger partial charge in [0.2, 0.25) is 0 Å². The Kier molecular flexibility index (Phi) is 7.21. The van der Waals surface area contributed by atoms with E-state index < -0.39 is 31.0 Å². The Morgan fingerprint density at radius 1 is 1.12 bits per heavy atom. The molecule has 9 nitrogen and oxygen atoms in total. The van der Waals surface area contributed by atoms with Crippen LogP contribution in [0.15, 0.2) is 28.9 Å². The first-order valence-corrected chi connectivity index (χ1v) is 8.23. The van der Waals surface area contributed by atoms with E-state index in [0.29, 0.717) is 30.1 Å². The molecule has 0 radical (unpaired) electrons. The van der Waals surface area contributed by atoms with Gasteiger partial charge in [-0.1, -0.05) is 0 Å². The number of methoxy groups -OCH3 is 1. The predicted molar refractivity (Wildman–Crippen MR) is 95.8 cm³/mol. The highest BCUT2D eigenvalue weighted by Crippen LogP contribution is 2.32. The normalized spacial score (nSPS) is 16.4. The third kappa shape index (κ3) is 4.44. The molecular weight excluding hydrogens is 344 g/mol. The molecular formula is C17H26N2O7. The Bertz CT molecular complexity index is 693. The van der Waals surface area contributed by atoms with Crippen molar-refractivity contribution in [3.05, 3.63) is 24.5 Å². The minimum absolute atomic E-state index is 0.0700. The Labute approximate surface area is 150 Å². The van der Waals surface area contributed by atoms with Crippen molar-refractivity contribution >= 4 is 22.3 Å². The summed E-state index contributed by atoms with van der Waals surface area (Å²) < 4.78 is 10.6. The average molecular weight is 370 g/mol. The smallest absolute Gasteiger partial charge is 0.159 e. The molecule has 1 aromatic heterocycles. The van der Waals surface area contributed by atoms with E-state index in [1.165, 1.54) is 13.4 Å². The van der Waals surface area contributed by atoms with E-state index in [9.17, 15) is 20.4 Å². The molecule has 0 saturated heterocycles. The number of aliphatic hydroxyl groups is 5. The molecule has 0 aliphatic carbocycles. The maximum atomic E-state index is 10.3. The van der Waals surface area contributed by atoms with Gasteiger partial charge >= 0.3 is 0 Å². The molecule has 0 aliphatic heterocycles. The van der Waals surface area contributed by atoms with Gasteiger partial charge in [0.05, 0.1) is 31.3 Å². The fourth-order valence-corrected chi connectivity index (χ4v) is 2.73. The highest BCUT2D eigenvalue weighted by Gasteiger charge is 2.31. The van der Waals surface area contributed by atoms with E-state index in [-0.39, 0.29) is 6.54 Å². The zero-order valence-electron chi connectivity index (χ0n) is 14.5. The molecule has 0 saturated carbocycles. The molecule has 1 heterocycles. The van der Waals surface area contributed by atoms with Crippen molar-refractivity contribution < 1.29 is 34.7 Å². The van der Waals surface area contributed by atoms with E-state index in [2.05, 4.69) is 0 Å². The van der Waals surface area contributed by atoms with Crippen molar-refractivity contribution in [2.45, 2.75) is 24.4 Å². The molecule has 0 amide bonds. The van der Waals surface area contributed by atoms with E-state index in [1.807, 2.05) is 0 Å². The zero-order valence-corrected chi connectivity index (χ0v) is 14.5. The Morgan fingerprint density at radius 2 is 1.81 bits per heavy atom. The summed E-state index contributed by atoms with van der Waals surface area (Å²) in [5.41, 5.74) is 7.64. The summed E-state index contributed by atoms with van der Waals surface area (Å²) in [6, 6.07) is 5.17. The van der Waals surface area contributed by atoms with Crippen LogP contribution < -0.4 is 10.6 Å². The van der Waals surface area contributed by atoms with Gasteiger partial charge in [-0.05, 0) is 18.2 Å². The van der Waals surface area contributed by atoms with Crippen molar-refractivity contribution in [2.24, 2.45) is 0 Å². The number of nitrogens with zero attached hydrogens (tertiary/aromatic N) is 1. The van der Waals surface area contributed by atoms with Crippen LogP contribution in [-0.2, 0) is 4.74 Å². The van der Waals surface area contributed by atoms with Crippen molar-refractivity contribution in [3.8, 4) is 0 Å². The molecule has 9 heteroatoms. The summed E-state index contributed by atoms with van der Waals surface area (Å²) in [6.07, 6.45) is -4.78. The quantitative estimate of drug-likeness (QED) is 0.286. The van der Waals surface area contributed by atoms with Gasteiger partial charge in [0.25, 0.3) is 0 Å². The molecule has 0 bridgehead atoms. The first-order chi connectivity index (χ1) is 12.4. The fourth-order valence-electron chi connectivity index (χ4n) is 2.73. The first kappa shape index (κ1) is 20.4. The number of aliphatic hydroxyl groups excluding tert-OH is 5. The molecule has 4 unspecified atom stereocenters. The van der Waals surface area contributed by atoms with E-state index in [0.717, 1.165) is 5.39 Å². The number of hydrogen-bond donors (Lipinski definition) is 6. The van der Waals surface area contributed by atoms with Crippen LogP contribution in [0, 0.1) is 0 Å². The monoisotopic (exact) mass is 370 g/mol. The summed E-state index contributed by atoms with van der Waals surface area (Å²) in [4.78, 5) is 1.72. The molecule has 0 fully saturated rings. The lowest BCUT2D eigenvalue weighted by Crippen LogP contribution is -2.50. The second-order valence-electron chi connectivity index (χ2n) is 6.07. The van der Waals surface area contributed by atoms with Crippen molar-refractivity contribution in [2.75, 3.05) is 44.0 Å². The zero-order chi connectivity index (χ0) is 19.3. The Balaban J connectivity index is 2.24. The number of furan rings is 1. The minimum Gasteiger partial charge on any atom is -0.462 e. The van der Waals surface area contributed by atoms with E-state index >= 15 is 0 Å². The summed E-state index contributed by atoms with van der Waals surface area (Å²) in [7, 11) is 1.54. The topological polar surface area (TPSA) is 153 Å². The highest BCUT2D eigenvalue weighted by atomic mass is 16.5. The Morgan fingerprint density at radius 3 is 2.46 bits per heavy atom. The van der Waals surface area contributed by atoms with Crippen LogP contribution in [0.2, 0.25) is 0 Å². The molecule has 7 N–H and O–H groups in total. The van der Waals surface area contributed by atoms with Crippen LogP contribution >= 0.6 is 0 Å². The van der Waals surface area contributed by atoms with Gasteiger partial charge in [-0.2, -0.15) is 0 Å². The third-order valence-corrected chi connectivity index (χ3v) is 4.27. The minimum atomic E-state index is -1.69. The van der Waals surface area contributed by atoms with Crippen LogP contribution in [-0.4, -0.2) is 83.4 Å². The van der Waals surface area contributed by atoms with Crippen molar-refractivity contribution in [1.29, 1.82) is 0 Å². The number of nitrogens with two attached hydrogens (primary N) is 1. The van der Waals surface area contributed by atoms with Crippen LogP contribution in [0.3, 0.4) is 0 Å². The number of fused-ring (bicyclic) bond motifs is 1. The number of benzene rings is 1. The lowest BCUT2D eigenvalue weighted by Gasteiger charge is -2.31. The summed E-state index contributed by atoms with van der Waals surface area (Å²) >= 11 is 0. The maximum absolute atomic E-state index is 10.3. The van der Waals surface area contributed by atoms with E-state index in [1.54, 1.807) is 23.1 Å². The van der Waals surface area contributed by atoms with E-state index in [4.69, 9.17) is 20.0 Å². The van der Waals surface area contributed by atoms with Gasteiger partial charge in [-0.25, -0.2) is 0 Å².